The highest BCUT2D eigenvalue weighted by Gasteiger charge is 2.12. The van der Waals surface area contributed by atoms with Crippen molar-refractivity contribution in [2.75, 3.05) is 11.1 Å². The van der Waals surface area contributed by atoms with Gasteiger partial charge < -0.3 is 11.1 Å². The van der Waals surface area contributed by atoms with Crippen LogP contribution in [0.3, 0.4) is 0 Å². The molecule has 17 heavy (non-hydrogen) atoms. The van der Waals surface area contributed by atoms with Crippen molar-refractivity contribution in [2.24, 2.45) is 0 Å². The second kappa shape index (κ2) is 4.64. The van der Waals surface area contributed by atoms with E-state index in [0.29, 0.717) is 0 Å². The number of amides is 1. The minimum Gasteiger partial charge on any atom is -0.374 e. The molecule has 0 saturated heterocycles. The average molecular weight is 273 g/mol. The van der Waals surface area contributed by atoms with Gasteiger partial charge in [0.25, 0.3) is 5.91 Å². The Morgan fingerprint density at radius 1 is 1.41 bits per heavy atom. The second-order valence-corrected chi connectivity index (χ2v) is 4.50. The van der Waals surface area contributed by atoms with Crippen molar-refractivity contribution < 1.29 is 9.18 Å². The van der Waals surface area contributed by atoms with Crippen molar-refractivity contribution in [2.45, 2.75) is 0 Å². The Kier molecular flexibility index (Phi) is 3.21. The first-order chi connectivity index (χ1) is 8.04. The number of carbonyl (C=O) groups is 1. The topological polar surface area (TPSA) is 80.9 Å². The maximum Gasteiger partial charge on any atom is 0.286 e. The molecule has 0 spiro atoms. The maximum atomic E-state index is 13.0. The molecule has 0 unspecified atom stereocenters. The first-order valence-corrected chi connectivity index (χ1v) is 5.60. The lowest BCUT2D eigenvalue weighted by Crippen LogP contribution is -2.11. The van der Waals surface area contributed by atoms with E-state index in [1.807, 2.05) is 0 Å². The lowest BCUT2D eigenvalue weighted by molar-refractivity contribution is 0.102. The summed E-state index contributed by atoms with van der Waals surface area (Å²) < 4.78 is 13.0. The number of rotatable bonds is 2. The zero-order valence-electron chi connectivity index (χ0n) is 8.28. The van der Waals surface area contributed by atoms with Gasteiger partial charge in [0.1, 0.15) is 5.82 Å². The largest absolute Gasteiger partial charge is 0.374 e. The Morgan fingerprint density at radius 3 is 2.76 bits per heavy atom. The fraction of sp³-hybridized carbons (Fsp3) is 0. The van der Waals surface area contributed by atoms with E-state index in [1.54, 1.807) is 0 Å². The van der Waals surface area contributed by atoms with Crippen molar-refractivity contribution in [3.8, 4) is 0 Å². The van der Waals surface area contributed by atoms with Gasteiger partial charge >= 0.3 is 0 Å². The summed E-state index contributed by atoms with van der Waals surface area (Å²) in [5.74, 6) is -1.05. The average Bonchev–Trinajstić information content (AvgIpc) is 2.63. The summed E-state index contributed by atoms with van der Waals surface area (Å²) in [7, 11) is 0. The molecule has 0 aliphatic rings. The van der Waals surface area contributed by atoms with E-state index in [0.717, 1.165) is 23.5 Å². The van der Waals surface area contributed by atoms with Crippen LogP contribution in [0.15, 0.2) is 18.2 Å². The van der Waals surface area contributed by atoms with Gasteiger partial charge in [-0.1, -0.05) is 22.9 Å². The number of nitrogen functional groups attached to an aromatic ring is 1. The molecule has 8 heteroatoms. The molecule has 0 radical (unpaired) electrons. The molecule has 5 nitrogen and oxygen atoms in total. The minimum absolute atomic E-state index is 0.0999. The third kappa shape index (κ3) is 2.89. The van der Waals surface area contributed by atoms with Gasteiger partial charge in [0, 0.05) is 10.7 Å². The van der Waals surface area contributed by atoms with E-state index >= 15 is 0 Å². The Labute approximate surface area is 104 Å². The summed E-state index contributed by atoms with van der Waals surface area (Å²) in [6.45, 7) is 0. The Balaban J connectivity index is 2.18. The lowest BCUT2D eigenvalue weighted by Gasteiger charge is -2.03. The minimum atomic E-state index is -0.537. The number of anilines is 2. The SMILES string of the molecule is Nc1nnc(C(=O)Nc2cc(F)cc(Cl)c2)s1. The van der Waals surface area contributed by atoms with Crippen LogP contribution in [-0.2, 0) is 0 Å². The molecular weight excluding hydrogens is 267 g/mol. The van der Waals surface area contributed by atoms with E-state index in [2.05, 4.69) is 15.5 Å². The molecule has 88 valence electrons. The first-order valence-electron chi connectivity index (χ1n) is 4.41. The molecule has 2 rings (SSSR count). The predicted octanol–water partition coefficient (Wildman–Crippen LogP) is 2.17. The smallest absolute Gasteiger partial charge is 0.286 e. The quantitative estimate of drug-likeness (QED) is 0.878. The highest BCUT2D eigenvalue weighted by atomic mass is 35.5. The van der Waals surface area contributed by atoms with Crippen LogP contribution in [0.4, 0.5) is 15.2 Å². The molecule has 0 aliphatic carbocycles. The maximum absolute atomic E-state index is 13.0. The highest BCUT2D eigenvalue weighted by molar-refractivity contribution is 7.16. The van der Waals surface area contributed by atoms with Gasteiger partial charge in [-0.05, 0) is 18.2 Å². The van der Waals surface area contributed by atoms with Crippen LogP contribution in [0.1, 0.15) is 9.80 Å². The molecule has 3 N–H and O–H groups in total. The number of halogens is 2. The van der Waals surface area contributed by atoms with E-state index < -0.39 is 11.7 Å². The van der Waals surface area contributed by atoms with E-state index in [-0.39, 0.29) is 20.8 Å². The van der Waals surface area contributed by atoms with Crippen LogP contribution in [0.25, 0.3) is 0 Å². The zero-order chi connectivity index (χ0) is 12.4. The number of hydrogen-bond donors (Lipinski definition) is 2. The number of hydrogen-bond acceptors (Lipinski definition) is 5. The van der Waals surface area contributed by atoms with Gasteiger partial charge in [0.2, 0.25) is 10.1 Å². The molecule has 1 aromatic carbocycles. The number of nitrogens with zero attached hydrogens (tertiary/aromatic N) is 2. The third-order valence-electron chi connectivity index (χ3n) is 1.76. The first kappa shape index (κ1) is 11.7. The number of benzene rings is 1. The molecule has 1 heterocycles. The Morgan fingerprint density at radius 2 is 2.18 bits per heavy atom. The van der Waals surface area contributed by atoms with Crippen LogP contribution < -0.4 is 11.1 Å². The van der Waals surface area contributed by atoms with Crippen molar-refractivity contribution in [1.29, 1.82) is 0 Å². The predicted molar refractivity (Wildman–Crippen MR) is 63.7 cm³/mol. The van der Waals surface area contributed by atoms with E-state index in [4.69, 9.17) is 17.3 Å². The van der Waals surface area contributed by atoms with Crippen LogP contribution in [-0.4, -0.2) is 16.1 Å². The zero-order valence-corrected chi connectivity index (χ0v) is 9.85. The number of aromatic nitrogens is 2. The Bertz CT molecular complexity index is 554. The fourth-order valence-corrected chi connectivity index (χ4v) is 1.86. The fourth-order valence-electron chi connectivity index (χ4n) is 1.14. The molecular formula is C9H6ClFN4OS. The summed E-state index contributed by atoms with van der Waals surface area (Å²) in [4.78, 5) is 11.6. The summed E-state index contributed by atoms with van der Waals surface area (Å²) in [5.41, 5.74) is 5.59. The van der Waals surface area contributed by atoms with Crippen LogP contribution in [0, 0.1) is 5.82 Å². The summed E-state index contributed by atoms with van der Waals surface area (Å²) in [6.07, 6.45) is 0. The number of nitrogens with one attached hydrogen (secondary N) is 1. The third-order valence-corrected chi connectivity index (χ3v) is 2.72. The van der Waals surface area contributed by atoms with Crippen LogP contribution in [0.5, 0.6) is 0 Å². The molecule has 2 aromatic rings. The molecule has 1 aromatic heterocycles. The lowest BCUT2D eigenvalue weighted by atomic mass is 10.3. The van der Waals surface area contributed by atoms with Gasteiger partial charge in [-0.15, -0.1) is 10.2 Å². The van der Waals surface area contributed by atoms with Crippen molar-refractivity contribution >= 4 is 39.7 Å². The van der Waals surface area contributed by atoms with Gasteiger partial charge in [-0.25, -0.2) is 4.39 Å². The Hall–Kier alpha value is -1.73. The molecule has 0 saturated carbocycles. The van der Waals surface area contributed by atoms with Crippen molar-refractivity contribution in [1.82, 2.24) is 10.2 Å². The number of carbonyl (C=O) groups excluding carboxylic acids is 1. The second-order valence-electron chi connectivity index (χ2n) is 3.06. The normalized spacial score (nSPS) is 10.2. The van der Waals surface area contributed by atoms with Crippen LogP contribution >= 0.6 is 22.9 Å². The molecule has 1 amide bonds. The summed E-state index contributed by atoms with van der Waals surface area (Å²) >= 11 is 6.59. The molecule has 0 atom stereocenters. The van der Waals surface area contributed by atoms with E-state index in [9.17, 15) is 9.18 Å². The van der Waals surface area contributed by atoms with Crippen molar-refractivity contribution in [3.05, 3.63) is 34.0 Å². The summed E-state index contributed by atoms with van der Waals surface area (Å²) in [6, 6.07) is 3.71. The van der Waals surface area contributed by atoms with E-state index in [1.165, 1.54) is 6.07 Å². The van der Waals surface area contributed by atoms with Crippen LogP contribution in [0.2, 0.25) is 5.02 Å². The van der Waals surface area contributed by atoms with Gasteiger partial charge in [0.15, 0.2) is 0 Å². The van der Waals surface area contributed by atoms with Crippen molar-refractivity contribution in [3.63, 3.8) is 0 Å². The summed E-state index contributed by atoms with van der Waals surface area (Å²) in [5, 5.41) is 9.98. The molecule has 0 fully saturated rings. The highest BCUT2D eigenvalue weighted by Crippen LogP contribution is 2.19. The molecule has 0 bridgehead atoms. The monoisotopic (exact) mass is 272 g/mol. The standard InChI is InChI=1S/C9H6ClFN4OS/c10-4-1-5(11)3-6(2-4)13-7(16)8-14-15-9(12)17-8/h1-3H,(H2,12,15)(H,13,16). The van der Waals surface area contributed by atoms with Gasteiger partial charge in [0.05, 0.1) is 0 Å². The molecule has 0 aliphatic heterocycles. The van der Waals surface area contributed by atoms with Gasteiger partial charge in [-0.2, -0.15) is 0 Å². The van der Waals surface area contributed by atoms with Gasteiger partial charge in [-0.3, -0.25) is 4.79 Å². The number of nitrogens with two attached hydrogens (primary N) is 1.